The van der Waals surface area contributed by atoms with Crippen molar-refractivity contribution in [3.8, 4) is 0 Å². The van der Waals surface area contributed by atoms with Crippen LogP contribution >= 0.6 is 0 Å². The average molecular weight is 423 g/mol. The first-order chi connectivity index (χ1) is 14.8. The molecule has 0 spiro atoms. The van der Waals surface area contributed by atoms with Crippen molar-refractivity contribution in [1.29, 1.82) is 0 Å². The van der Waals surface area contributed by atoms with E-state index < -0.39 is 0 Å². The second-order valence-corrected chi connectivity index (χ2v) is 10.8. The molecule has 0 radical (unpaired) electrons. The molecule has 0 bridgehead atoms. The van der Waals surface area contributed by atoms with Crippen LogP contribution in [0.1, 0.15) is 58.8 Å². The lowest BCUT2D eigenvalue weighted by Gasteiger charge is -2.60. The van der Waals surface area contributed by atoms with Gasteiger partial charge in [-0.05, 0) is 73.7 Å². The SMILES string of the molecule is CN1C(=O)C=C[C@]2(C)[C@H]3CC[C@]4(C)[C@@H](CC(=O)Nc5cncnc5)CC[C@H]4[C@@H]3CC[C@@H]12. The molecule has 5 rings (SSSR count). The fourth-order valence-corrected chi connectivity index (χ4v) is 7.98. The number of rotatable bonds is 3. The minimum absolute atomic E-state index is 0.0785. The first-order valence-corrected chi connectivity index (χ1v) is 11.8. The van der Waals surface area contributed by atoms with Gasteiger partial charge in [0.05, 0.1) is 18.1 Å². The fraction of sp³-hybridized carbons (Fsp3) is 0.680. The zero-order chi connectivity index (χ0) is 21.8. The number of nitrogens with one attached hydrogen (secondary N) is 1. The Morgan fingerprint density at radius 3 is 2.68 bits per heavy atom. The molecule has 1 aromatic heterocycles. The van der Waals surface area contributed by atoms with Gasteiger partial charge in [0.15, 0.2) is 0 Å². The lowest BCUT2D eigenvalue weighted by Crippen LogP contribution is -2.59. The first-order valence-electron chi connectivity index (χ1n) is 11.8. The van der Waals surface area contributed by atoms with Crippen LogP contribution in [0.2, 0.25) is 0 Å². The number of hydrogen-bond donors (Lipinski definition) is 1. The molecule has 2 amide bonds. The van der Waals surface area contributed by atoms with Gasteiger partial charge in [-0.25, -0.2) is 9.97 Å². The number of aromatic nitrogens is 2. The minimum atomic E-state index is 0.0785. The van der Waals surface area contributed by atoms with Crippen molar-refractivity contribution in [1.82, 2.24) is 14.9 Å². The summed E-state index contributed by atoms with van der Waals surface area (Å²) < 4.78 is 0. The van der Waals surface area contributed by atoms with Crippen molar-refractivity contribution >= 4 is 17.5 Å². The Morgan fingerprint density at radius 2 is 1.90 bits per heavy atom. The van der Waals surface area contributed by atoms with Crippen LogP contribution in [0, 0.1) is 34.5 Å². The highest BCUT2D eigenvalue weighted by Gasteiger charge is 2.60. The normalized spacial score (nSPS) is 41.3. The number of nitrogens with zero attached hydrogens (tertiary/aromatic N) is 3. The van der Waals surface area contributed by atoms with Gasteiger partial charge >= 0.3 is 0 Å². The van der Waals surface area contributed by atoms with E-state index in [1.807, 2.05) is 18.0 Å². The van der Waals surface area contributed by atoms with Crippen molar-refractivity contribution in [3.05, 3.63) is 30.9 Å². The van der Waals surface area contributed by atoms with Crippen molar-refractivity contribution in [3.63, 3.8) is 0 Å². The first kappa shape index (κ1) is 20.7. The van der Waals surface area contributed by atoms with E-state index in [-0.39, 0.29) is 22.6 Å². The predicted octanol–water partition coefficient (Wildman–Crippen LogP) is 4.06. The summed E-state index contributed by atoms with van der Waals surface area (Å²) in [6.07, 6.45) is 16.4. The van der Waals surface area contributed by atoms with Gasteiger partial charge in [-0.1, -0.05) is 19.9 Å². The maximum atomic E-state index is 12.8. The van der Waals surface area contributed by atoms with Crippen molar-refractivity contribution in [2.75, 3.05) is 12.4 Å². The number of carbonyl (C=O) groups excluding carboxylic acids is 2. The van der Waals surface area contributed by atoms with E-state index in [2.05, 4.69) is 35.2 Å². The minimum Gasteiger partial charge on any atom is -0.338 e. The molecule has 0 saturated heterocycles. The molecular weight excluding hydrogens is 388 g/mol. The molecule has 6 heteroatoms. The van der Waals surface area contributed by atoms with E-state index in [0.717, 1.165) is 12.8 Å². The second-order valence-electron chi connectivity index (χ2n) is 10.8. The molecular formula is C25H34N4O2. The summed E-state index contributed by atoms with van der Waals surface area (Å²) in [5, 5.41) is 2.98. The van der Waals surface area contributed by atoms with Crippen LogP contribution in [0.4, 0.5) is 5.69 Å². The maximum absolute atomic E-state index is 12.8. The highest BCUT2D eigenvalue weighted by molar-refractivity contribution is 5.90. The van der Waals surface area contributed by atoms with Crippen LogP contribution in [0.5, 0.6) is 0 Å². The molecule has 1 aromatic rings. The fourth-order valence-electron chi connectivity index (χ4n) is 7.98. The molecule has 4 aliphatic rings. The number of fused-ring (bicyclic) bond motifs is 5. The van der Waals surface area contributed by atoms with Gasteiger partial charge in [-0.3, -0.25) is 9.59 Å². The Balaban J connectivity index is 1.32. The summed E-state index contributed by atoms with van der Waals surface area (Å²) >= 11 is 0. The summed E-state index contributed by atoms with van der Waals surface area (Å²) in [4.78, 5) is 35.0. The van der Waals surface area contributed by atoms with Crippen LogP contribution in [0.25, 0.3) is 0 Å². The molecule has 6 nitrogen and oxygen atoms in total. The topological polar surface area (TPSA) is 75.2 Å². The molecule has 3 aliphatic carbocycles. The Morgan fingerprint density at radius 1 is 1.13 bits per heavy atom. The van der Waals surface area contributed by atoms with E-state index in [1.165, 1.54) is 32.0 Å². The third kappa shape index (κ3) is 3.21. The molecule has 1 aliphatic heterocycles. The molecule has 2 heterocycles. The highest BCUT2D eigenvalue weighted by atomic mass is 16.2. The Kier molecular flexibility index (Phi) is 4.94. The Labute approximate surface area is 184 Å². The highest BCUT2D eigenvalue weighted by Crippen LogP contribution is 2.65. The smallest absolute Gasteiger partial charge is 0.246 e. The lowest BCUT2D eigenvalue weighted by molar-refractivity contribution is -0.139. The van der Waals surface area contributed by atoms with E-state index in [1.54, 1.807) is 12.4 Å². The molecule has 3 fully saturated rings. The van der Waals surface area contributed by atoms with Gasteiger partial charge in [0, 0.05) is 24.9 Å². The predicted molar refractivity (Wildman–Crippen MR) is 119 cm³/mol. The summed E-state index contributed by atoms with van der Waals surface area (Å²) in [5.41, 5.74) is 0.981. The van der Waals surface area contributed by atoms with Gasteiger partial charge in [0.25, 0.3) is 0 Å². The van der Waals surface area contributed by atoms with Gasteiger partial charge in [-0.2, -0.15) is 0 Å². The van der Waals surface area contributed by atoms with Gasteiger partial charge < -0.3 is 10.2 Å². The summed E-state index contributed by atoms with van der Waals surface area (Å²) in [6, 6.07) is 0.326. The number of anilines is 1. The van der Waals surface area contributed by atoms with Crippen molar-refractivity contribution < 1.29 is 9.59 Å². The van der Waals surface area contributed by atoms with E-state index in [0.29, 0.717) is 41.8 Å². The summed E-state index contributed by atoms with van der Waals surface area (Å²) in [5.74, 6) is 2.66. The third-order valence-corrected chi connectivity index (χ3v) is 9.60. The zero-order valence-electron chi connectivity index (χ0n) is 18.9. The Hall–Kier alpha value is -2.24. The molecule has 31 heavy (non-hydrogen) atoms. The van der Waals surface area contributed by atoms with Crippen molar-refractivity contribution in [2.24, 2.45) is 34.5 Å². The van der Waals surface area contributed by atoms with Crippen molar-refractivity contribution in [2.45, 2.75) is 64.8 Å². The Bertz CT molecular complexity index is 902. The number of likely N-dealkylation sites (N-methyl/N-ethyl adjacent to an activating group) is 1. The summed E-state index contributed by atoms with van der Waals surface area (Å²) in [7, 11) is 1.98. The largest absolute Gasteiger partial charge is 0.338 e. The van der Waals surface area contributed by atoms with Gasteiger partial charge in [0.2, 0.25) is 11.8 Å². The average Bonchev–Trinajstić information content (AvgIpc) is 3.08. The third-order valence-electron chi connectivity index (χ3n) is 9.60. The summed E-state index contributed by atoms with van der Waals surface area (Å²) in [6.45, 7) is 4.84. The van der Waals surface area contributed by atoms with Gasteiger partial charge in [-0.15, -0.1) is 0 Å². The maximum Gasteiger partial charge on any atom is 0.246 e. The van der Waals surface area contributed by atoms with Crippen LogP contribution in [0.15, 0.2) is 30.9 Å². The van der Waals surface area contributed by atoms with Gasteiger partial charge in [0.1, 0.15) is 6.33 Å². The number of amides is 2. The number of hydrogen-bond acceptors (Lipinski definition) is 4. The van der Waals surface area contributed by atoms with Crippen LogP contribution in [0.3, 0.4) is 0 Å². The molecule has 1 N–H and O–H groups in total. The van der Waals surface area contributed by atoms with E-state index in [4.69, 9.17) is 0 Å². The molecule has 0 unspecified atom stereocenters. The second kappa shape index (κ2) is 7.42. The number of carbonyl (C=O) groups is 2. The standard InChI is InChI=1S/C25H34N4O2/c1-24-10-8-20-18(5-7-21-25(20,2)11-9-23(31)29(21)3)19(24)6-4-16(24)12-22(30)28-17-13-26-15-27-14-17/h9,11,13-16,18-21H,4-8,10,12H2,1-3H3,(H,28,30)/t16-,18+,19+,20+,21-,24-,25-/m1/s1. The van der Waals surface area contributed by atoms with E-state index in [9.17, 15) is 9.59 Å². The molecule has 7 atom stereocenters. The molecule has 3 saturated carbocycles. The van der Waals surface area contributed by atoms with Crippen LogP contribution in [-0.2, 0) is 9.59 Å². The lowest BCUT2D eigenvalue weighted by atomic mass is 9.47. The van der Waals surface area contributed by atoms with Crippen LogP contribution in [-0.4, -0.2) is 39.8 Å². The monoisotopic (exact) mass is 422 g/mol. The quantitative estimate of drug-likeness (QED) is 0.797. The zero-order valence-corrected chi connectivity index (χ0v) is 18.9. The van der Waals surface area contributed by atoms with Crippen LogP contribution < -0.4 is 5.32 Å². The molecule has 166 valence electrons. The van der Waals surface area contributed by atoms with E-state index >= 15 is 0 Å². The molecule has 0 aromatic carbocycles.